The molecule has 0 aliphatic rings. The van der Waals surface area contributed by atoms with E-state index in [1.165, 1.54) is 0 Å². The van der Waals surface area contributed by atoms with E-state index < -0.39 is 0 Å². The number of aromatic nitrogens is 2. The Morgan fingerprint density at radius 3 is 2.60 bits per heavy atom. The van der Waals surface area contributed by atoms with Gasteiger partial charge in [-0.2, -0.15) is 0 Å². The lowest BCUT2D eigenvalue weighted by atomic mass is 10.1. The summed E-state index contributed by atoms with van der Waals surface area (Å²) < 4.78 is 10.3. The van der Waals surface area contributed by atoms with Crippen LogP contribution in [-0.2, 0) is 0 Å². The van der Waals surface area contributed by atoms with Gasteiger partial charge in [-0.1, -0.05) is 12.1 Å². The summed E-state index contributed by atoms with van der Waals surface area (Å²) >= 11 is 0. The lowest BCUT2D eigenvalue weighted by molar-refractivity contribution is 0.397. The van der Waals surface area contributed by atoms with Gasteiger partial charge in [0.25, 0.3) is 0 Å². The van der Waals surface area contributed by atoms with E-state index in [4.69, 9.17) is 9.47 Å². The van der Waals surface area contributed by atoms with Crippen LogP contribution in [0.3, 0.4) is 0 Å². The van der Waals surface area contributed by atoms with E-state index in [1.54, 1.807) is 14.2 Å². The van der Waals surface area contributed by atoms with Gasteiger partial charge in [0, 0.05) is 11.6 Å². The molecule has 0 fully saturated rings. The molecule has 1 aromatic carbocycles. The van der Waals surface area contributed by atoms with Crippen molar-refractivity contribution in [2.45, 2.75) is 0 Å². The number of para-hydroxylation sites is 1. The van der Waals surface area contributed by atoms with Crippen molar-refractivity contribution in [3.8, 4) is 22.9 Å². The Balaban J connectivity index is 2.44. The first-order valence-corrected chi connectivity index (χ1v) is 4.58. The highest BCUT2D eigenvalue weighted by atomic mass is 16.5. The molecule has 4 heteroatoms. The Kier molecular flexibility index (Phi) is 2.58. The smallest absolute Gasteiger partial charge is 0.232 e. The molecule has 0 spiro atoms. The monoisotopic (exact) mass is 204 g/mol. The van der Waals surface area contributed by atoms with Gasteiger partial charge in [0.2, 0.25) is 5.88 Å². The highest BCUT2D eigenvalue weighted by molar-refractivity contribution is 5.67. The molecule has 1 aromatic heterocycles. The molecule has 0 aliphatic heterocycles. The van der Waals surface area contributed by atoms with E-state index in [0.29, 0.717) is 5.88 Å². The summed E-state index contributed by atoms with van der Waals surface area (Å²) in [7, 11) is 3.23. The van der Waals surface area contributed by atoms with E-state index in [9.17, 15) is 0 Å². The van der Waals surface area contributed by atoms with E-state index >= 15 is 0 Å². The van der Waals surface area contributed by atoms with E-state index in [0.717, 1.165) is 17.0 Å². The fraction of sp³-hybridized carbons (Fsp3) is 0.182. The Morgan fingerprint density at radius 2 is 1.93 bits per heavy atom. The first-order chi connectivity index (χ1) is 7.35. The number of benzene rings is 1. The number of aromatic amines is 1. The van der Waals surface area contributed by atoms with E-state index in [2.05, 4.69) is 10.2 Å². The molecule has 0 amide bonds. The molecule has 1 heterocycles. The Bertz CT molecular complexity index is 451. The molecule has 0 saturated carbocycles. The number of hydrogen-bond acceptors (Lipinski definition) is 3. The number of nitrogens with zero attached hydrogens (tertiary/aromatic N) is 1. The van der Waals surface area contributed by atoms with Gasteiger partial charge in [0.15, 0.2) is 0 Å². The third kappa shape index (κ3) is 1.79. The highest BCUT2D eigenvalue weighted by Crippen LogP contribution is 2.29. The molecule has 0 bridgehead atoms. The number of rotatable bonds is 3. The highest BCUT2D eigenvalue weighted by Gasteiger charge is 2.07. The molecule has 2 rings (SSSR count). The first-order valence-electron chi connectivity index (χ1n) is 4.58. The first kappa shape index (κ1) is 9.58. The molecule has 0 unspecified atom stereocenters. The van der Waals surface area contributed by atoms with Crippen molar-refractivity contribution >= 4 is 0 Å². The fourth-order valence-corrected chi connectivity index (χ4v) is 1.41. The number of H-pyrrole nitrogens is 1. The van der Waals surface area contributed by atoms with Crippen LogP contribution < -0.4 is 9.47 Å². The number of methoxy groups -OCH3 is 2. The molecular formula is C11H12N2O2. The second-order valence-corrected chi connectivity index (χ2v) is 3.02. The number of hydrogen-bond donors (Lipinski definition) is 1. The van der Waals surface area contributed by atoms with E-state index in [-0.39, 0.29) is 0 Å². The quantitative estimate of drug-likeness (QED) is 0.832. The normalized spacial score (nSPS) is 10.0. The second kappa shape index (κ2) is 4.04. The minimum absolute atomic E-state index is 0.566. The summed E-state index contributed by atoms with van der Waals surface area (Å²) in [5.41, 5.74) is 1.85. The van der Waals surface area contributed by atoms with Crippen molar-refractivity contribution in [2.75, 3.05) is 14.2 Å². The van der Waals surface area contributed by atoms with E-state index in [1.807, 2.05) is 30.3 Å². The van der Waals surface area contributed by atoms with Gasteiger partial charge in [-0.3, -0.25) is 5.10 Å². The van der Waals surface area contributed by atoms with Crippen molar-refractivity contribution in [1.29, 1.82) is 0 Å². The molecule has 1 N–H and O–H groups in total. The minimum atomic E-state index is 0.566. The summed E-state index contributed by atoms with van der Waals surface area (Å²) in [6, 6.07) is 9.58. The molecule has 0 radical (unpaired) electrons. The van der Waals surface area contributed by atoms with Crippen molar-refractivity contribution in [2.24, 2.45) is 0 Å². The standard InChI is InChI=1S/C11H12N2O2/c1-14-10-6-4-3-5-8(10)9-7-11(15-2)13-12-9/h3-7H,1-2H3,(H,12,13). The van der Waals surface area contributed by atoms with Crippen LogP contribution in [0.2, 0.25) is 0 Å². The van der Waals surface area contributed by atoms with Crippen molar-refractivity contribution in [3.05, 3.63) is 30.3 Å². The fourth-order valence-electron chi connectivity index (χ4n) is 1.41. The van der Waals surface area contributed by atoms with Crippen LogP contribution in [0.5, 0.6) is 11.6 Å². The molecule has 2 aromatic rings. The Hall–Kier alpha value is -1.97. The van der Waals surface area contributed by atoms with Crippen LogP contribution in [0.1, 0.15) is 0 Å². The lowest BCUT2D eigenvalue weighted by Crippen LogP contribution is -1.87. The number of ether oxygens (including phenoxy) is 2. The predicted octanol–water partition coefficient (Wildman–Crippen LogP) is 2.09. The summed E-state index contributed by atoms with van der Waals surface area (Å²) in [4.78, 5) is 0. The average molecular weight is 204 g/mol. The third-order valence-electron chi connectivity index (χ3n) is 2.16. The molecule has 0 atom stereocenters. The van der Waals surface area contributed by atoms with Crippen LogP contribution in [-0.4, -0.2) is 24.4 Å². The summed E-state index contributed by atoms with van der Waals surface area (Å²) in [5, 5.41) is 6.88. The third-order valence-corrected chi connectivity index (χ3v) is 2.16. The van der Waals surface area contributed by atoms with Crippen LogP contribution in [0, 0.1) is 0 Å². The Labute approximate surface area is 87.8 Å². The molecule has 0 saturated heterocycles. The van der Waals surface area contributed by atoms with Crippen molar-refractivity contribution < 1.29 is 9.47 Å². The summed E-state index contributed by atoms with van der Waals surface area (Å²) in [6.45, 7) is 0. The molecule has 0 aliphatic carbocycles. The van der Waals surface area contributed by atoms with Crippen molar-refractivity contribution in [3.63, 3.8) is 0 Å². The lowest BCUT2D eigenvalue weighted by Gasteiger charge is -2.04. The zero-order chi connectivity index (χ0) is 10.7. The molecular weight excluding hydrogens is 192 g/mol. The van der Waals surface area contributed by atoms with Gasteiger partial charge in [0.05, 0.1) is 19.9 Å². The molecule has 78 valence electrons. The topological polar surface area (TPSA) is 47.1 Å². The maximum atomic E-state index is 5.25. The largest absolute Gasteiger partial charge is 0.496 e. The van der Waals surface area contributed by atoms with Gasteiger partial charge in [-0.25, -0.2) is 0 Å². The number of nitrogens with one attached hydrogen (secondary N) is 1. The maximum absolute atomic E-state index is 5.25. The van der Waals surface area contributed by atoms with Gasteiger partial charge < -0.3 is 9.47 Å². The zero-order valence-electron chi connectivity index (χ0n) is 8.65. The van der Waals surface area contributed by atoms with Crippen LogP contribution in [0.25, 0.3) is 11.3 Å². The Morgan fingerprint density at radius 1 is 1.13 bits per heavy atom. The van der Waals surface area contributed by atoms with Gasteiger partial charge >= 0.3 is 0 Å². The average Bonchev–Trinajstić information content (AvgIpc) is 2.77. The van der Waals surface area contributed by atoms with Gasteiger partial charge in [0.1, 0.15) is 5.75 Å². The zero-order valence-corrected chi connectivity index (χ0v) is 8.65. The van der Waals surface area contributed by atoms with Crippen LogP contribution in [0.4, 0.5) is 0 Å². The van der Waals surface area contributed by atoms with Crippen LogP contribution >= 0.6 is 0 Å². The van der Waals surface area contributed by atoms with Crippen LogP contribution in [0.15, 0.2) is 30.3 Å². The summed E-state index contributed by atoms with van der Waals surface area (Å²) in [5.74, 6) is 1.37. The maximum Gasteiger partial charge on any atom is 0.232 e. The minimum Gasteiger partial charge on any atom is -0.496 e. The summed E-state index contributed by atoms with van der Waals surface area (Å²) in [6.07, 6.45) is 0. The van der Waals surface area contributed by atoms with Crippen molar-refractivity contribution in [1.82, 2.24) is 10.2 Å². The SMILES string of the molecule is COc1cc(-c2ccccc2OC)[nH]n1. The second-order valence-electron chi connectivity index (χ2n) is 3.02. The van der Waals surface area contributed by atoms with Gasteiger partial charge in [-0.15, -0.1) is 5.10 Å². The molecule has 4 nitrogen and oxygen atoms in total. The van der Waals surface area contributed by atoms with Gasteiger partial charge in [-0.05, 0) is 12.1 Å². The predicted molar refractivity (Wildman–Crippen MR) is 57.1 cm³/mol. The molecule has 15 heavy (non-hydrogen) atoms.